The van der Waals surface area contributed by atoms with E-state index in [-0.39, 0.29) is 0 Å². The molecule has 0 saturated heterocycles. The summed E-state index contributed by atoms with van der Waals surface area (Å²) < 4.78 is 0. The Labute approximate surface area is 132 Å². The molecular weight excluding hydrogens is 278 g/mol. The summed E-state index contributed by atoms with van der Waals surface area (Å²) in [7, 11) is 2.19. The molecule has 0 spiro atoms. The molecule has 0 aliphatic rings. The molecule has 1 aromatic carbocycles. The van der Waals surface area contributed by atoms with Crippen molar-refractivity contribution < 1.29 is 0 Å². The second-order valence-electron chi connectivity index (χ2n) is 5.77. The predicted octanol–water partition coefficient (Wildman–Crippen LogP) is 3.62. The molecule has 2 rings (SSSR count). The minimum Gasteiger partial charge on any atom is -0.313 e. The van der Waals surface area contributed by atoms with Gasteiger partial charge in [-0.15, -0.1) is 11.3 Å². The number of thiazole rings is 1. The first-order chi connectivity index (χ1) is 10.1. The van der Waals surface area contributed by atoms with E-state index >= 15 is 0 Å². The number of aryl methyl sites for hydroxylation is 1. The van der Waals surface area contributed by atoms with E-state index in [4.69, 9.17) is 0 Å². The molecule has 2 aromatic rings. The van der Waals surface area contributed by atoms with Gasteiger partial charge < -0.3 is 5.32 Å². The monoisotopic (exact) mass is 303 g/mol. The number of nitrogens with zero attached hydrogens (tertiary/aromatic N) is 2. The summed E-state index contributed by atoms with van der Waals surface area (Å²) in [4.78, 5) is 8.11. The minimum absolute atomic E-state index is 0.370. The van der Waals surface area contributed by atoms with Gasteiger partial charge in [-0.05, 0) is 19.5 Å². The molecule has 0 aliphatic heterocycles. The van der Waals surface area contributed by atoms with Crippen molar-refractivity contribution in [2.24, 2.45) is 0 Å². The molecule has 0 aliphatic carbocycles. The molecule has 0 fully saturated rings. The van der Waals surface area contributed by atoms with Gasteiger partial charge in [0.15, 0.2) is 0 Å². The summed E-state index contributed by atoms with van der Waals surface area (Å²) in [6, 6.07) is 11.6. The average Bonchev–Trinajstić information content (AvgIpc) is 2.85. The number of aromatic nitrogens is 1. The van der Waals surface area contributed by atoms with Gasteiger partial charge in [-0.2, -0.15) is 0 Å². The molecule has 0 saturated carbocycles. The molecule has 0 amide bonds. The molecule has 0 radical (unpaired) electrons. The lowest BCUT2D eigenvalue weighted by Gasteiger charge is -2.29. The Bertz CT molecular complexity index is 536. The van der Waals surface area contributed by atoms with Crippen molar-refractivity contribution in [2.75, 3.05) is 13.6 Å². The highest BCUT2D eigenvalue weighted by molar-refractivity contribution is 7.09. The first kappa shape index (κ1) is 16.1. The second kappa shape index (κ2) is 7.69. The van der Waals surface area contributed by atoms with Crippen LogP contribution in [0.1, 0.15) is 36.0 Å². The van der Waals surface area contributed by atoms with E-state index in [2.05, 4.69) is 73.4 Å². The van der Waals surface area contributed by atoms with Crippen LogP contribution in [-0.4, -0.2) is 29.5 Å². The van der Waals surface area contributed by atoms with Gasteiger partial charge in [-0.1, -0.05) is 44.2 Å². The van der Waals surface area contributed by atoms with Gasteiger partial charge in [0.25, 0.3) is 0 Å². The van der Waals surface area contributed by atoms with Crippen LogP contribution >= 0.6 is 11.3 Å². The summed E-state index contributed by atoms with van der Waals surface area (Å²) >= 11 is 1.74. The number of likely N-dealkylation sites (N-methyl/N-ethyl adjacent to an activating group) is 1. The van der Waals surface area contributed by atoms with Crippen LogP contribution in [0, 0.1) is 6.92 Å². The third kappa shape index (κ3) is 4.63. The molecule has 21 heavy (non-hydrogen) atoms. The third-order valence-electron chi connectivity index (χ3n) is 3.67. The lowest BCUT2D eigenvalue weighted by atomic mass is 10.1. The molecular formula is C17H25N3S. The number of hydrogen-bond acceptors (Lipinski definition) is 4. The van der Waals surface area contributed by atoms with Gasteiger partial charge in [-0.3, -0.25) is 4.90 Å². The molecule has 1 aromatic heterocycles. The van der Waals surface area contributed by atoms with Crippen LogP contribution in [0.2, 0.25) is 0 Å². The average molecular weight is 303 g/mol. The number of rotatable bonds is 7. The molecule has 0 bridgehead atoms. The van der Waals surface area contributed by atoms with Gasteiger partial charge in [-0.25, -0.2) is 4.98 Å². The Morgan fingerprint density at radius 1 is 1.24 bits per heavy atom. The van der Waals surface area contributed by atoms with Crippen LogP contribution in [0.25, 0.3) is 0 Å². The Balaban J connectivity index is 2.12. The second-order valence-corrected chi connectivity index (χ2v) is 6.70. The van der Waals surface area contributed by atoms with Gasteiger partial charge in [0.05, 0.1) is 11.2 Å². The Morgan fingerprint density at radius 2 is 1.95 bits per heavy atom. The van der Waals surface area contributed by atoms with Crippen LogP contribution in [0.4, 0.5) is 0 Å². The van der Waals surface area contributed by atoms with Crippen molar-refractivity contribution in [3.8, 4) is 0 Å². The van der Waals surface area contributed by atoms with Gasteiger partial charge in [0.1, 0.15) is 0 Å². The fourth-order valence-electron chi connectivity index (χ4n) is 2.37. The van der Waals surface area contributed by atoms with Crippen molar-refractivity contribution in [3.63, 3.8) is 0 Å². The van der Waals surface area contributed by atoms with E-state index in [0.717, 1.165) is 18.8 Å². The van der Waals surface area contributed by atoms with Crippen LogP contribution in [0.5, 0.6) is 0 Å². The predicted molar refractivity (Wildman–Crippen MR) is 90.6 cm³/mol. The maximum Gasteiger partial charge on any atom is 0.0798 e. The molecule has 3 nitrogen and oxygen atoms in total. The summed E-state index contributed by atoms with van der Waals surface area (Å²) in [5.41, 5.74) is 4.44. The summed E-state index contributed by atoms with van der Waals surface area (Å²) in [6.07, 6.45) is 0. The summed E-state index contributed by atoms with van der Waals surface area (Å²) in [6.45, 7) is 8.36. The maximum absolute atomic E-state index is 4.35. The van der Waals surface area contributed by atoms with Crippen LogP contribution < -0.4 is 5.32 Å². The molecule has 1 N–H and O–H groups in total. The smallest absolute Gasteiger partial charge is 0.0798 e. The zero-order valence-corrected chi connectivity index (χ0v) is 14.2. The molecule has 1 atom stereocenters. The highest BCUT2D eigenvalue weighted by atomic mass is 32.1. The van der Waals surface area contributed by atoms with Crippen molar-refractivity contribution in [2.45, 2.75) is 39.4 Å². The molecule has 4 heteroatoms. The third-order valence-corrected chi connectivity index (χ3v) is 4.59. The van der Waals surface area contributed by atoms with E-state index in [1.807, 2.05) is 5.51 Å². The van der Waals surface area contributed by atoms with Crippen molar-refractivity contribution in [1.82, 2.24) is 15.2 Å². The first-order valence-electron chi connectivity index (χ1n) is 7.45. The standard InChI is InChI=1S/C17H25N3S/c1-13(2)18-10-16(15-8-6-5-7-9-15)20(4)11-17-14(3)19-12-21-17/h5-9,12-13,16,18H,10-11H2,1-4H3. The van der Waals surface area contributed by atoms with Crippen LogP contribution in [-0.2, 0) is 6.54 Å². The fourth-order valence-corrected chi connectivity index (χ4v) is 3.20. The first-order valence-corrected chi connectivity index (χ1v) is 8.33. The lowest BCUT2D eigenvalue weighted by molar-refractivity contribution is 0.227. The number of nitrogens with one attached hydrogen (secondary N) is 1. The normalized spacial score (nSPS) is 13.0. The van der Waals surface area contributed by atoms with Crippen molar-refractivity contribution >= 4 is 11.3 Å². The van der Waals surface area contributed by atoms with Gasteiger partial charge in [0, 0.05) is 30.1 Å². The maximum atomic E-state index is 4.35. The van der Waals surface area contributed by atoms with E-state index in [1.54, 1.807) is 11.3 Å². The molecule has 1 heterocycles. The number of hydrogen-bond donors (Lipinski definition) is 1. The Hall–Kier alpha value is -1.23. The zero-order chi connectivity index (χ0) is 15.2. The van der Waals surface area contributed by atoms with E-state index < -0.39 is 0 Å². The topological polar surface area (TPSA) is 28.2 Å². The Morgan fingerprint density at radius 3 is 2.52 bits per heavy atom. The summed E-state index contributed by atoms with van der Waals surface area (Å²) in [5.74, 6) is 0. The van der Waals surface area contributed by atoms with Gasteiger partial charge >= 0.3 is 0 Å². The SMILES string of the molecule is Cc1ncsc1CN(C)C(CNC(C)C)c1ccccc1. The highest BCUT2D eigenvalue weighted by Crippen LogP contribution is 2.23. The quantitative estimate of drug-likeness (QED) is 0.846. The fraction of sp³-hybridized carbons (Fsp3) is 0.471. The number of benzene rings is 1. The van der Waals surface area contributed by atoms with Gasteiger partial charge in [0.2, 0.25) is 0 Å². The molecule has 114 valence electrons. The molecule has 1 unspecified atom stereocenters. The largest absolute Gasteiger partial charge is 0.313 e. The lowest BCUT2D eigenvalue weighted by Crippen LogP contribution is -2.35. The highest BCUT2D eigenvalue weighted by Gasteiger charge is 2.18. The minimum atomic E-state index is 0.370. The van der Waals surface area contributed by atoms with Crippen LogP contribution in [0.3, 0.4) is 0 Å². The Kier molecular flexibility index (Phi) is 5.91. The van der Waals surface area contributed by atoms with E-state index in [0.29, 0.717) is 12.1 Å². The van der Waals surface area contributed by atoms with E-state index in [9.17, 15) is 0 Å². The van der Waals surface area contributed by atoms with Crippen molar-refractivity contribution in [3.05, 3.63) is 52.0 Å². The van der Waals surface area contributed by atoms with Crippen molar-refractivity contribution in [1.29, 1.82) is 0 Å². The van der Waals surface area contributed by atoms with Crippen LogP contribution in [0.15, 0.2) is 35.8 Å². The zero-order valence-electron chi connectivity index (χ0n) is 13.3. The summed E-state index contributed by atoms with van der Waals surface area (Å²) in [5, 5.41) is 3.57. The van der Waals surface area contributed by atoms with E-state index in [1.165, 1.54) is 10.4 Å².